The fourth-order valence-electron chi connectivity index (χ4n) is 4.59. The van der Waals surface area contributed by atoms with Crippen LogP contribution in [0.3, 0.4) is 0 Å². The van der Waals surface area contributed by atoms with Gasteiger partial charge in [0.1, 0.15) is 17.8 Å². The van der Waals surface area contributed by atoms with Gasteiger partial charge in [0.05, 0.1) is 24.5 Å². The predicted octanol–water partition coefficient (Wildman–Crippen LogP) is -0.334. The summed E-state index contributed by atoms with van der Waals surface area (Å²) in [5.41, 5.74) is -3.15. The van der Waals surface area contributed by atoms with Gasteiger partial charge in [-0.15, -0.1) is 11.6 Å². The van der Waals surface area contributed by atoms with Gasteiger partial charge >= 0.3 is 11.9 Å². The van der Waals surface area contributed by atoms with Crippen LogP contribution in [-0.2, 0) is 19.1 Å². The number of hydrogen-bond donors (Lipinski definition) is 4. The Kier molecular flexibility index (Phi) is 5.40. The molecule has 1 saturated heterocycles. The van der Waals surface area contributed by atoms with Crippen molar-refractivity contribution >= 4 is 23.5 Å². The van der Waals surface area contributed by atoms with E-state index in [1.165, 1.54) is 0 Å². The zero-order valence-electron chi connectivity index (χ0n) is 15.5. The van der Waals surface area contributed by atoms with Gasteiger partial charge in [-0.25, -0.2) is 9.59 Å². The van der Waals surface area contributed by atoms with E-state index in [2.05, 4.69) is 13.2 Å². The summed E-state index contributed by atoms with van der Waals surface area (Å²) in [6.07, 6.45) is -2.70. The highest BCUT2D eigenvalue weighted by Gasteiger charge is 2.64. The summed E-state index contributed by atoms with van der Waals surface area (Å²) in [6, 6.07) is 0. The molecule has 3 aliphatic rings. The Hall–Kier alpha value is -1.45. The van der Waals surface area contributed by atoms with Gasteiger partial charge in [0, 0.05) is 17.9 Å². The predicted molar refractivity (Wildman–Crippen MR) is 97.1 cm³/mol. The number of halogens is 1. The van der Waals surface area contributed by atoms with E-state index in [-0.39, 0.29) is 24.3 Å². The second-order valence-corrected chi connectivity index (χ2v) is 8.43. The number of esters is 2. The van der Waals surface area contributed by atoms with Gasteiger partial charge in [0.15, 0.2) is 5.60 Å². The van der Waals surface area contributed by atoms with Crippen molar-refractivity contribution in [3.05, 3.63) is 24.3 Å². The molecule has 2 saturated carbocycles. The summed E-state index contributed by atoms with van der Waals surface area (Å²) in [4.78, 5) is 24.6. The fraction of sp³-hybridized carbons (Fsp3) is 0.684. The summed E-state index contributed by atoms with van der Waals surface area (Å²) < 4.78 is 10.9. The lowest BCUT2D eigenvalue weighted by Crippen LogP contribution is -2.52. The van der Waals surface area contributed by atoms with Gasteiger partial charge in [-0.1, -0.05) is 18.7 Å². The lowest BCUT2D eigenvalue weighted by atomic mass is 9.76. The molecule has 0 aromatic carbocycles. The molecule has 1 aliphatic heterocycles. The smallest absolute Gasteiger partial charge is 0.340 e. The van der Waals surface area contributed by atoms with Gasteiger partial charge in [-0.3, -0.25) is 0 Å². The van der Waals surface area contributed by atoms with Crippen molar-refractivity contribution in [2.75, 3.05) is 12.5 Å². The largest absolute Gasteiger partial charge is 0.459 e. The minimum Gasteiger partial charge on any atom is -0.459 e. The zero-order valence-corrected chi connectivity index (χ0v) is 16.3. The van der Waals surface area contributed by atoms with Crippen LogP contribution >= 0.6 is 11.6 Å². The molecule has 1 heterocycles. The maximum atomic E-state index is 12.3. The van der Waals surface area contributed by atoms with Crippen LogP contribution in [0.1, 0.15) is 19.8 Å². The average molecular weight is 417 g/mol. The Bertz CT molecular complexity index is 719. The summed E-state index contributed by atoms with van der Waals surface area (Å²) in [6.45, 7) is 8.04. The quantitative estimate of drug-likeness (QED) is 0.212. The van der Waals surface area contributed by atoms with Crippen molar-refractivity contribution in [3.63, 3.8) is 0 Å². The molecular weight excluding hydrogens is 392 g/mol. The van der Waals surface area contributed by atoms with Crippen LogP contribution in [0.4, 0.5) is 0 Å². The monoisotopic (exact) mass is 416 g/mol. The Morgan fingerprint density at radius 2 is 2.11 bits per heavy atom. The lowest BCUT2D eigenvalue weighted by molar-refractivity contribution is -0.177. The Balaban J connectivity index is 2.01. The SMILES string of the molecule is C=C1C(=O)O[C@@H]2[C@H]1[C@@H](OC(=O)[C@@](C)(O)CO)CC(=C)[C@@H]1C[C@H](O)[C@](O)(CCl)[C@H]21. The highest BCUT2D eigenvalue weighted by atomic mass is 35.5. The molecule has 0 radical (unpaired) electrons. The molecule has 0 aromatic heterocycles. The summed E-state index contributed by atoms with van der Waals surface area (Å²) in [7, 11) is 0. The van der Waals surface area contributed by atoms with Crippen LogP contribution in [0, 0.1) is 17.8 Å². The van der Waals surface area contributed by atoms with E-state index in [0.717, 1.165) is 6.92 Å². The number of alkyl halides is 1. The van der Waals surface area contributed by atoms with E-state index in [1.807, 2.05) is 0 Å². The Labute approximate surface area is 167 Å². The van der Waals surface area contributed by atoms with E-state index in [4.69, 9.17) is 21.1 Å². The Morgan fingerprint density at radius 1 is 1.46 bits per heavy atom. The van der Waals surface area contributed by atoms with E-state index < -0.39 is 65.8 Å². The molecule has 3 fully saturated rings. The Morgan fingerprint density at radius 3 is 2.68 bits per heavy atom. The normalized spacial score (nSPS) is 42.3. The molecule has 8 atom stereocenters. The number of carbonyl (C=O) groups excluding carboxylic acids is 2. The van der Waals surface area contributed by atoms with Crippen LogP contribution in [0.2, 0.25) is 0 Å². The van der Waals surface area contributed by atoms with Crippen LogP contribution in [0.25, 0.3) is 0 Å². The van der Waals surface area contributed by atoms with Crippen LogP contribution < -0.4 is 0 Å². The highest BCUT2D eigenvalue weighted by Crippen LogP contribution is 2.55. The zero-order chi connectivity index (χ0) is 21.0. The third-order valence-corrected chi connectivity index (χ3v) is 6.72. The molecule has 28 heavy (non-hydrogen) atoms. The minimum atomic E-state index is -2.11. The maximum absolute atomic E-state index is 12.3. The van der Waals surface area contributed by atoms with Crippen molar-refractivity contribution in [1.82, 2.24) is 0 Å². The standard InChI is InChI=1S/C19H25ClO8/c1-8-4-11(27-17(24)18(3,25)7-21)13-9(2)16(23)28-15(13)14-10(8)5-12(22)19(14,26)6-20/h10-15,21-22,25-26H,1-2,4-7H2,3H3/t10-,11-,12-,13+,14-,15+,18-,19+/m0/s1. The highest BCUT2D eigenvalue weighted by molar-refractivity contribution is 6.18. The minimum absolute atomic E-state index is 0.0678. The van der Waals surface area contributed by atoms with E-state index in [0.29, 0.717) is 5.57 Å². The molecule has 0 amide bonds. The van der Waals surface area contributed by atoms with Crippen LogP contribution in [0.5, 0.6) is 0 Å². The molecule has 0 spiro atoms. The number of fused-ring (bicyclic) bond motifs is 3. The van der Waals surface area contributed by atoms with Gasteiger partial charge in [-0.2, -0.15) is 0 Å². The molecule has 156 valence electrons. The first kappa shape index (κ1) is 21.3. The van der Waals surface area contributed by atoms with E-state index >= 15 is 0 Å². The van der Waals surface area contributed by atoms with Gasteiger partial charge in [0.2, 0.25) is 0 Å². The fourth-order valence-corrected chi connectivity index (χ4v) is 4.95. The molecule has 0 bridgehead atoms. The second kappa shape index (κ2) is 7.11. The second-order valence-electron chi connectivity index (χ2n) is 8.17. The van der Waals surface area contributed by atoms with Crippen molar-refractivity contribution in [1.29, 1.82) is 0 Å². The molecule has 3 rings (SSSR count). The first-order valence-corrected chi connectivity index (χ1v) is 9.59. The number of aliphatic hydroxyl groups excluding tert-OH is 2. The third kappa shape index (κ3) is 3.07. The number of aliphatic hydroxyl groups is 4. The van der Waals surface area contributed by atoms with E-state index in [1.54, 1.807) is 0 Å². The molecule has 0 unspecified atom stereocenters. The molecule has 9 heteroatoms. The van der Waals surface area contributed by atoms with Gasteiger partial charge < -0.3 is 29.9 Å². The summed E-state index contributed by atoms with van der Waals surface area (Å²) >= 11 is 5.98. The van der Waals surface area contributed by atoms with E-state index in [9.17, 15) is 30.0 Å². The molecule has 2 aliphatic carbocycles. The summed E-state index contributed by atoms with van der Waals surface area (Å²) in [5, 5.41) is 40.6. The number of rotatable bonds is 4. The maximum Gasteiger partial charge on any atom is 0.340 e. The summed E-state index contributed by atoms with van der Waals surface area (Å²) in [5.74, 6) is -3.99. The van der Waals surface area contributed by atoms with Gasteiger partial charge in [0.25, 0.3) is 0 Å². The van der Waals surface area contributed by atoms with Crippen molar-refractivity contribution < 1.29 is 39.5 Å². The van der Waals surface area contributed by atoms with Crippen molar-refractivity contribution in [3.8, 4) is 0 Å². The van der Waals surface area contributed by atoms with Crippen LogP contribution in [-0.4, -0.2) is 74.4 Å². The number of carbonyl (C=O) groups is 2. The lowest BCUT2D eigenvalue weighted by Gasteiger charge is -2.37. The molecular formula is C19H25ClO8. The van der Waals surface area contributed by atoms with Crippen molar-refractivity contribution in [2.24, 2.45) is 17.8 Å². The molecule has 8 nitrogen and oxygen atoms in total. The molecule has 0 aromatic rings. The molecule has 4 N–H and O–H groups in total. The number of hydrogen-bond acceptors (Lipinski definition) is 8. The third-order valence-electron chi connectivity index (χ3n) is 6.29. The van der Waals surface area contributed by atoms with Gasteiger partial charge in [-0.05, 0) is 19.3 Å². The topological polar surface area (TPSA) is 134 Å². The number of ether oxygens (including phenoxy) is 2. The first-order valence-electron chi connectivity index (χ1n) is 9.06. The average Bonchev–Trinajstić information content (AvgIpc) is 3.04. The van der Waals surface area contributed by atoms with Crippen LogP contribution in [0.15, 0.2) is 24.3 Å². The first-order chi connectivity index (χ1) is 13.0. The van der Waals surface area contributed by atoms with Crippen molar-refractivity contribution in [2.45, 2.75) is 49.3 Å².